The van der Waals surface area contributed by atoms with Gasteiger partial charge in [-0.05, 0) is 37.1 Å². The molecule has 94 valence electrons. The van der Waals surface area contributed by atoms with Gasteiger partial charge in [-0.1, -0.05) is 11.6 Å². The molecule has 0 atom stereocenters. The molecule has 3 nitrogen and oxygen atoms in total. The van der Waals surface area contributed by atoms with Gasteiger partial charge in [0.05, 0.1) is 22.3 Å². The molecular formula is C15H11ClN2O. The Kier molecular flexibility index (Phi) is 2.88. The fraction of sp³-hybridized carbons (Fsp3) is 0.200. The maximum atomic E-state index is 11.8. The van der Waals surface area contributed by atoms with E-state index in [4.69, 9.17) is 16.9 Å². The standard InChI is InChI=1S/C15H11ClN2O/c16-12-5-4-10(9-17)8-14(12)18-7-6-11-13(18)2-1-3-15(11)19/h4-8H,1-3H2. The minimum absolute atomic E-state index is 0.188. The number of nitriles is 1. The summed E-state index contributed by atoms with van der Waals surface area (Å²) in [6.07, 6.45) is 4.20. The second kappa shape index (κ2) is 4.56. The van der Waals surface area contributed by atoms with Gasteiger partial charge in [-0.15, -0.1) is 0 Å². The van der Waals surface area contributed by atoms with Crippen LogP contribution in [0, 0.1) is 11.3 Å². The topological polar surface area (TPSA) is 45.8 Å². The van der Waals surface area contributed by atoms with Crippen molar-refractivity contribution in [3.8, 4) is 11.8 Å². The number of carbonyl (C=O) groups excluding carboxylic acids is 1. The molecule has 0 unspecified atom stereocenters. The number of halogens is 1. The van der Waals surface area contributed by atoms with Gasteiger partial charge in [0.25, 0.3) is 0 Å². The van der Waals surface area contributed by atoms with Gasteiger partial charge in [-0.2, -0.15) is 5.26 Å². The van der Waals surface area contributed by atoms with Crippen LogP contribution >= 0.6 is 11.6 Å². The molecule has 2 aromatic rings. The Labute approximate surface area is 116 Å². The van der Waals surface area contributed by atoms with Crippen molar-refractivity contribution >= 4 is 17.4 Å². The predicted octanol–water partition coefficient (Wildman–Crippen LogP) is 3.52. The van der Waals surface area contributed by atoms with Crippen LogP contribution in [0.4, 0.5) is 0 Å². The molecule has 1 heterocycles. The smallest absolute Gasteiger partial charge is 0.164 e. The third-order valence-corrected chi connectivity index (χ3v) is 3.76. The summed E-state index contributed by atoms with van der Waals surface area (Å²) in [4.78, 5) is 11.8. The molecule has 1 aliphatic carbocycles. The zero-order valence-electron chi connectivity index (χ0n) is 10.2. The van der Waals surface area contributed by atoms with Gasteiger partial charge in [0.15, 0.2) is 5.78 Å². The first-order chi connectivity index (χ1) is 9.20. The Hall–Kier alpha value is -2.05. The van der Waals surface area contributed by atoms with Crippen LogP contribution < -0.4 is 0 Å². The molecule has 0 N–H and O–H groups in total. The van der Waals surface area contributed by atoms with E-state index in [1.54, 1.807) is 18.2 Å². The number of hydrogen-bond acceptors (Lipinski definition) is 2. The highest BCUT2D eigenvalue weighted by Crippen LogP contribution is 2.29. The molecule has 0 aliphatic heterocycles. The highest BCUT2D eigenvalue weighted by atomic mass is 35.5. The molecule has 0 amide bonds. The lowest BCUT2D eigenvalue weighted by atomic mass is 9.96. The average molecular weight is 271 g/mol. The third-order valence-electron chi connectivity index (χ3n) is 3.44. The predicted molar refractivity (Wildman–Crippen MR) is 72.8 cm³/mol. The number of Topliss-reactive ketones (excluding diaryl/α,β-unsaturated/α-hetero) is 1. The van der Waals surface area contributed by atoms with Gasteiger partial charge in [0.1, 0.15) is 0 Å². The lowest BCUT2D eigenvalue weighted by Gasteiger charge is -2.16. The molecule has 1 aromatic carbocycles. The van der Waals surface area contributed by atoms with Crippen molar-refractivity contribution in [3.63, 3.8) is 0 Å². The Morgan fingerprint density at radius 1 is 1.26 bits per heavy atom. The summed E-state index contributed by atoms with van der Waals surface area (Å²) >= 11 is 6.21. The highest BCUT2D eigenvalue weighted by molar-refractivity contribution is 6.32. The number of benzene rings is 1. The van der Waals surface area contributed by atoms with Gasteiger partial charge in [-0.3, -0.25) is 4.79 Å². The number of aromatic nitrogens is 1. The number of nitrogens with zero attached hydrogens (tertiary/aromatic N) is 2. The number of carbonyl (C=O) groups is 1. The first kappa shape index (κ1) is 12.0. The highest BCUT2D eigenvalue weighted by Gasteiger charge is 2.21. The van der Waals surface area contributed by atoms with Crippen LogP contribution in [0.15, 0.2) is 30.5 Å². The fourth-order valence-corrected chi connectivity index (χ4v) is 2.73. The lowest BCUT2D eigenvalue weighted by Crippen LogP contribution is -2.12. The van der Waals surface area contributed by atoms with E-state index in [2.05, 4.69) is 6.07 Å². The molecular weight excluding hydrogens is 260 g/mol. The molecule has 0 saturated heterocycles. The molecule has 1 aromatic heterocycles. The van der Waals surface area contributed by atoms with E-state index in [0.29, 0.717) is 17.0 Å². The van der Waals surface area contributed by atoms with Gasteiger partial charge in [0, 0.05) is 23.9 Å². The molecule has 4 heteroatoms. The number of rotatable bonds is 1. The summed E-state index contributed by atoms with van der Waals surface area (Å²) in [6, 6.07) is 9.10. The van der Waals surface area contributed by atoms with Crippen LogP contribution in [0.25, 0.3) is 5.69 Å². The number of hydrogen-bond donors (Lipinski definition) is 0. The average Bonchev–Trinajstić information content (AvgIpc) is 2.85. The van der Waals surface area contributed by atoms with Crippen molar-refractivity contribution in [1.29, 1.82) is 5.26 Å². The van der Waals surface area contributed by atoms with Crippen LogP contribution in [0.3, 0.4) is 0 Å². The van der Waals surface area contributed by atoms with E-state index in [0.717, 1.165) is 29.8 Å². The minimum Gasteiger partial charge on any atom is -0.319 e. The summed E-state index contributed by atoms with van der Waals surface area (Å²) in [5.74, 6) is 0.188. The van der Waals surface area contributed by atoms with Gasteiger partial charge < -0.3 is 4.57 Å². The maximum absolute atomic E-state index is 11.8. The van der Waals surface area contributed by atoms with E-state index in [9.17, 15) is 4.79 Å². The van der Waals surface area contributed by atoms with E-state index < -0.39 is 0 Å². The van der Waals surface area contributed by atoms with Gasteiger partial charge in [-0.25, -0.2) is 0 Å². The molecule has 0 saturated carbocycles. The van der Waals surface area contributed by atoms with Crippen molar-refractivity contribution in [1.82, 2.24) is 4.57 Å². The zero-order chi connectivity index (χ0) is 13.4. The van der Waals surface area contributed by atoms with E-state index in [1.165, 1.54) is 0 Å². The lowest BCUT2D eigenvalue weighted by molar-refractivity contribution is 0.0972. The molecule has 19 heavy (non-hydrogen) atoms. The summed E-state index contributed by atoms with van der Waals surface area (Å²) < 4.78 is 1.93. The summed E-state index contributed by atoms with van der Waals surface area (Å²) in [7, 11) is 0. The molecule has 0 radical (unpaired) electrons. The van der Waals surface area contributed by atoms with Crippen LogP contribution in [-0.2, 0) is 6.42 Å². The Morgan fingerprint density at radius 2 is 2.11 bits per heavy atom. The molecule has 0 spiro atoms. The van der Waals surface area contributed by atoms with E-state index in [1.807, 2.05) is 16.8 Å². The number of fused-ring (bicyclic) bond motifs is 1. The van der Waals surface area contributed by atoms with Crippen molar-refractivity contribution in [3.05, 3.63) is 52.3 Å². The Balaban J connectivity index is 2.18. The Morgan fingerprint density at radius 3 is 2.89 bits per heavy atom. The van der Waals surface area contributed by atoms with E-state index in [-0.39, 0.29) is 5.78 Å². The van der Waals surface area contributed by atoms with Crippen molar-refractivity contribution in [2.45, 2.75) is 19.3 Å². The zero-order valence-corrected chi connectivity index (χ0v) is 10.9. The second-order valence-corrected chi connectivity index (χ2v) is 5.01. The fourth-order valence-electron chi connectivity index (χ4n) is 2.52. The summed E-state index contributed by atoms with van der Waals surface area (Å²) in [5, 5.41) is 9.55. The number of ketones is 1. The first-order valence-corrected chi connectivity index (χ1v) is 6.52. The molecule has 0 fully saturated rings. The van der Waals surface area contributed by atoms with Gasteiger partial charge >= 0.3 is 0 Å². The van der Waals surface area contributed by atoms with Crippen molar-refractivity contribution < 1.29 is 4.79 Å². The first-order valence-electron chi connectivity index (χ1n) is 6.14. The molecule has 1 aliphatic rings. The summed E-state index contributed by atoms with van der Waals surface area (Å²) in [5.41, 5.74) is 3.10. The van der Waals surface area contributed by atoms with Crippen molar-refractivity contribution in [2.24, 2.45) is 0 Å². The SMILES string of the molecule is N#Cc1ccc(Cl)c(-n2ccc3c2CCCC3=O)c1. The van der Waals surface area contributed by atoms with Crippen LogP contribution in [0.2, 0.25) is 5.02 Å². The maximum Gasteiger partial charge on any atom is 0.164 e. The molecule has 0 bridgehead atoms. The summed E-state index contributed by atoms with van der Waals surface area (Å²) in [6.45, 7) is 0. The van der Waals surface area contributed by atoms with E-state index >= 15 is 0 Å². The van der Waals surface area contributed by atoms with Crippen LogP contribution in [-0.4, -0.2) is 10.4 Å². The third kappa shape index (κ3) is 1.94. The van der Waals surface area contributed by atoms with Crippen molar-refractivity contribution in [2.75, 3.05) is 0 Å². The Bertz CT molecular complexity index is 709. The second-order valence-electron chi connectivity index (χ2n) is 4.60. The van der Waals surface area contributed by atoms with Crippen LogP contribution in [0.1, 0.15) is 34.5 Å². The largest absolute Gasteiger partial charge is 0.319 e. The minimum atomic E-state index is 0.188. The van der Waals surface area contributed by atoms with Gasteiger partial charge in [0.2, 0.25) is 0 Å². The molecule has 3 rings (SSSR count). The normalized spacial score (nSPS) is 14.0. The van der Waals surface area contributed by atoms with Crippen LogP contribution in [0.5, 0.6) is 0 Å². The quantitative estimate of drug-likeness (QED) is 0.796. The monoisotopic (exact) mass is 270 g/mol.